The van der Waals surface area contributed by atoms with Gasteiger partial charge in [-0.15, -0.1) is 0 Å². The van der Waals surface area contributed by atoms with E-state index in [9.17, 15) is 5.11 Å². The van der Waals surface area contributed by atoms with Crippen LogP contribution >= 0.6 is 0 Å². The molecule has 0 fully saturated rings. The highest BCUT2D eigenvalue weighted by Crippen LogP contribution is 2.30. The maximum atomic E-state index is 9.65. The molecule has 0 unspecified atom stereocenters. The van der Waals surface area contributed by atoms with Crippen molar-refractivity contribution in [1.82, 2.24) is 0 Å². The molecular formula is C11H16O4. The molecule has 0 bridgehead atoms. The minimum Gasteiger partial charge on any atom is -0.493 e. The first-order valence-corrected chi connectivity index (χ1v) is 4.73. The van der Waals surface area contributed by atoms with E-state index in [0.29, 0.717) is 23.5 Å². The molecule has 1 aromatic carbocycles. The van der Waals surface area contributed by atoms with E-state index >= 15 is 0 Å². The van der Waals surface area contributed by atoms with E-state index in [1.165, 1.54) is 0 Å². The van der Waals surface area contributed by atoms with Crippen molar-refractivity contribution in [2.24, 2.45) is 0 Å². The van der Waals surface area contributed by atoms with E-state index in [0.717, 1.165) is 0 Å². The molecule has 0 aromatic heterocycles. The molecule has 1 aromatic rings. The Morgan fingerprint density at radius 1 is 1.20 bits per heavy atom. The Morgan fingerprint density at radius 3 is 2.40 bits per heavy atom. The van der Waals surface area contributed by atoms with Crippen LogP contribution in [0.25, 0.3) is 0 Å². The molecule has 0 aliphatic heterocycles. The van der Waals surface area contributed by atoms with E-state index in [-0.39, 0.29) is 6.61 Å². The van der Waals surface area contributed by atoms with Crippen LogP contribution in [0.5, 0.6) is 11.5 Å². The third-order valence-electron chi connectivity index (χ3n) is 2.19. The molecule has 0 saturated carbocycles. The minimum atomic E-state index is -0.671. The summed E-state index contributed by atoms with van der Waals surface area (Å²) < 4.78 is 10.2. The zero-order chi connectivity index (χ0) is 11.3. The molecule has 15 heavy (non-hydrogen) atoms. The molecule has 1 rings (SSSR count). The first-order chi connectivity index (χ1) is 7.22. The Bertz CT molecular complexity index is 311. The quantitative estimate of drug-likeness (QED) is 0.768. The zero-order valence-electron chi connectivity index (χ0n) is 8.93. The summed E-state index contributed by atoms with van der Waals surface area (Å²) in [6.07, 6.45) is -0.357. The Hall–Kier alpha value is -1.26. The zero-order valence-corrected chi connectivity index (χ0v) is 8.93. The summed E-state index contributed by atoms with van der Waals surface area (Å²) in [5.41, 5.74) is 0.710. The van der Waals surface area contributed by atoms with E-state index in [2.05, 4.69) is 0 Å². The van der Waals surface area contributed by atoms with Crippen LogP contribution in [0.4, 0.5) is 0 Å². The number of rotatable bonds is 5. The number of aliphatic hydroxyl groups is 2. The largest absolute Gasteiger partial charge is 0.493 e. The molecule has 0 aliphatic carbocycles. The maximum absolute atomic E-state index is 9.65. The van der Waals surface area contributed by atoms with Crippen LogP contribution in [0.3, 0.4) is 0 Å². The van der Waals surface area contributed by atoms with Gasteiger partial charge in [-0.2, -0.15) is 0 Å². The van der Waals surface area contributed by atoms with Gasteiger partial charge in [0.15, 0.2) is 11.5 Å². The van der Waals surface area contributed by atoms with Crippen molar-refractivity contribution >= 4 is 0 Å². The fourth-order valence-corrected chi connectivity index (χ4v) is 1.35. The predicted octanol–water partition coefficient (Wildman–Crippen LogP) is 1.12. The molecule has 2 N–H and O–H groups in total. The third kappa shape index (κ3) is 2.84. The number of hydrogen-bond acceptors (Lipinski definition) is 4. The lowest BCUT2D eigenvalue weighted by Gasteiger charge is -2.13. The smallest absolute Gasteiger partial charge is 0.161 e. The van der Waals surface area contributed by atoms with Crippen molar-refractivity contribution in [2.75, 3.05) is 20.8 Å². The van der Waals surface area contributed by atoms with Gasteiger partial charge < -0.3 is 19.7 Å². The fraction of sp³-hybridized carbons (Fsp3) is 0.455. The summed E-state index contributed by atoms with van der Waals surface area (Å²) in [6, 6.07) is 5.19. The topological polar surface area (TPSA) is 58.9 Å². The summed E-state index contributed by atoms with van der Waals surface area (Å²) in [6.45, 7) is -0.0461. The second-order valence-corrected chi connectivity index (χ2v) is 3.14. The van der Waals surface area contributed by atoms with Gasteiger partial charge in [0.25, 0.3) is 0 Å². The van der Waals surface area contributed by atoms with E-state index < -0.39 is 6.10 Å². The molecule has 0 radical (unpaired) electrons. The Balaban J connectivity index is 2.92. The summed E-state index contributed by atoms with van der Waals surface area (Å²) in [4.78, 5) is 0. The first-order valence-electron chi connectivity index (χ1n) is 4.73. The molecular weight excluding hydrogens is 196 g/mol. The maximum Gasteiger partial charge on any atom is 0.161 e. The van der Waals surface area contributed by atoms with Gasteiger partial charge in [-0.25, -0.2) is 0 Å². The van der Waals surface area contributed by atoms with Crippen LogP contribution in [-0.2, 0) is 0 Å². The van der Waals surface area contributed by atoms with Gasteiger partial charge in [0.05, 0.1) is 20.3 Å². The molecule has 84 valence electrons. The second-order valence-electron chi connectivity index (χ2n) is 3.14. The monoisotopic (exact) mass is 212 g/mol. The number of aliphatic hydroxyl groups excluding tert-OH is 2. The van der Waals surface area contributed by atoms with Gasteiger partial charge >= 0.3 is 0 Å². The molecule has 0 aliphatic rings. The van der Waals surface area contributed by atoms with Crippen molar-refractivity contribution in [3.8, 4) is 11.5 Å². The van der Waals surface area contributed by atoms with Crippen LogP contribution < -0.4 is 9.47 Å². The van der Waals surface area contributed by atoms with Gasteiger partial charge in [0.2, 0.25) is 0 Å². The summed E-state index contributed by atoms with van der Waals surface area (Å²) >= 11 is 0. The molecule has 4 heteroatoms. The van der Waals surface area contributed by atoms with Crippen molar-refractivity contribution in [2.45, 2.75) is 12.5 Å². The van der Waals surface area contributed by atoms with Gasteiger partial charge in [-0.1, -0.05) is 6.07 Å². The number of ether oxygens (including phenoxy) is 2. The van der Waals surface area contributed by atoms with Gasteiger partial charge in [0, 0.05) is 13.0 Å². The Kier molecular flexibility index (Phi) is 4.39. The van der Waals surface area contributed by atoms with E-state index in [1.807, 2.05) is 0 Å². The van der Waals surface area contributed by atoms with Crippen LogP contribution in [0, 0.1) is 0 Å². The summed E-state index contributed by atoms with van der Waals surface area (Å²) in [5, 5.41) is 18.4. The highest BCUT2D eigenvalue weighted by atomic mass is 16.5. The lowest BCUT2D eigenvalue weighted by atomic mass is 10.1. The first kappa shape index (κ1) is 11.8. The van der Waals surface area contributed by atoms with Crippen molar-refractivity contribution in [1.29, 1.82) is 0 Å². The highest BCUT2D eigenvalue weighted by molar-refractivity contribution is 5.43. The standard InChI is InChI=1S/C11H16O4/c1-14-10-4-3-8(7-11(10)15-2)9(13)5-6-12/h3-4,7,9,12-13H,5-6H2,1-2H3/t9-/m0/s1. The molecule has 0 amide bonds. The van der Waals surface area contributed by atoms with E-state index in [1.54, 1.807) is 32.4 Å². The van der Waals surface area contributed by atoms with Crippen molar-refractivity contribution < 1.29 is 19.7 Å². The van der Waals surface area contributed by atoms with Crippen molar-refractivity contribution in [3.05, 3.63) is 23.8 Å². The van der Waals surface area contributed by atoms with E-state index in [4.69, 9.17) is 14.6 Å². The van der Waals surface area contributed by atoms with Gasteiger partial charge in [-0.05, 0) is 17.7 Å². The Labute approximate surface area is 89.1 Å². The minimum absolute atomic E-state index is 0.0461. The SMILES string of the molecule is COc1ccc([C@@H](O)CCO)cc1OC. The van der Waals surface area contributed by atoms with Crippen LogP contribution in [-0.4, -0.2) is 31.0 Å². The average molecular weight is 212 g/mol. The summed E-state index contributed by atoms with van der Waals surface area (Å²) in [7, 11) is 3.10. The lowest BCUT2D eigenvalue weighted by molar-refractivity contribution is 0.134. The Morgan fingerprint density at radius 2 is 1.87 bits per heavy atom. The molecule has 0 heterocycles. The number of hydrogen-bond donors (Lipinski definition) is 2. The number of benzene rings is 1. The predicted molar refractivity (Wildman–Crippen MR) is 56.2 cm³/mol. The lowest BCUT2D eigenvalue weighted by Crippen LogP contribution is -2.01. The second kappa shape index (κ2) is 5.58. The van der Waals surface area contributed by atoms with Gasteiger partial charge in [-0.3, -0.25) is 0 Å². The molecule has 0 spiro atoms. The van der Waals surface area contributed by atoms with Crippen LogP contribution in [0.15, 0.2) is 18.2 Å². The van der Waals surface area contributed by atoms with Crippen LogP contribution in [0.1, 0.15) is 18.1 Å². The summed E-state index contributed by atoms with van der Waals surface area (Å²) in [5.74, 6) is 1.20. The molecule has 4 nitrogen and oxygen atoms in total. The highest BCUT2D eigenvalue weighted by Gasteiger charge is 2.10. The van der Waals surface area contributed by atoms with Crippen molar-refractivity contribution in [3.63, 3.8) is 0 Å². The normalized spacial score (nSPS) is 12.3. The molecule has 1 atom stereocenters. The fourth-order valence-electron chi connectivity index (χ4n) is 1.35. The average Bonchev–Trinajstić information content (AvgIpc) is 2.28. The third-order valence-corrected chi connectivity index (χ3v) is 2.19. The number of methoxy groups -OCH3 is 2. The van der Waals surface area contributed by atoms with Crippen LogP contribution in [0.2, 0.25) is 0 Å². The van der Waals surface area contributed by atoms with Gasteiger partial charge in [0.1, 0.15) is 0 Å². The molecule has 0 saturated heterocycles.